The van der Waals surface area contributed by atoms with Gasteiger partial charge in [0.1, 0.15) is 12.2 Å². The van der Waals surface area contributed by atoms with Crippen LogP contribution in [0.4, 0.5) is 0 Å². The van der Waals surface area contributed by atoms with Crippen molar-refractivity contribution in [2.24, 2.45) is 5.73 Å². The van der Waals surface area contributed by atoms with Crippen LogP contribution in [-0.4, -0.2) is 70.5 Å². The average Bonchev–Trinajstić information content (AvgIpc) is 2.39. The van der Waals surface area contributed by atoms with Gasteiger partial charge in [-0.1, -0.05) is 0 Å². The van der Waals surface area contributed by atoms with E-state index in [1.165, 1.54) is 0 Å². The average molecular weight is 468 g/mol. The van der Waals surface area contributed by atoms with Gasteiger partial charge in [-0.05, 0) is 78.6 Å². The highest BCUT2D eigenvalue weighted by Crippen LogP contribution is 2.31. The molecular weight excluding hydrogens is 423 g/mol. The van der Waals surface area contributed by atoms with Crippen molar-refractivity contribution in [3.8, 4) is 0 Å². The van der Waals surface area contributed by atoms with Gasteiger partial charge < -0.3 is 28.2 Å². The van der Waals surface area contributed by atoms with Crippen LogP contribution in [0.3, 0.4) is 0 Å². The zero-order valence-corrected chi connectivity index (χ0v) is 24.2. The summed E-state index contributed by atoms with van der Waals surface area (Å²) in [4.78, 5) is 0. The van der Waals surface area contributed by atoms with Crippen LogP contribution in [0, 0.1) is 0 Å². The van der Waals surface area contributed by atoms with Gasteiger partial charge in [0.2, 0.25) is 0 Å². The second-order valence-corrected chi connectivity index (χ2v) is 29.6. The van der Waals surface area contributed by atoms with Crippen LogP contribution in [0.15, 0.2) is 0 Å². The van der Waals surface area contributed by atoms with Crippen LogP contribution >= 0.6 is 0 Å². The first kappa shape index (κ1) is 26.7. The molecular formula is C18H45NO5Si4. The van der Waals surface area contributed by atoms with E-state index in [4.69, 9.17) is 28.2 Å². The van der Waals surface area contributed by atoms with E-state index in [0.717, 1.165) is 0 Å². The van der Waals surface area contributed by atoms with Crippen molar-refractivity contribution in [2.45, 2.75) is 109 Å². The van der Waals surface area contributed by atoms with Crippen molar-refractivity contribution in [1.29, 1.82) is 0 Å². The first-order chi connectivity index (χ1) is 12.3. The summed E-state index contributed by atoms with van der Waals surface area (Å²) in [5, 5.41) is 0. The summed E-state index contributed by atoms with van der Waals surface area (Å²) in [7, 11) is -7.26. The summed E-state index contributed by atoms with van der Waals surface area (Å²) in [6, 6.07) is -0.386. The smallest absolute Gasteiger partial charge is 0.187 e. The van der Waals surface area contributed by atoms with Gasteiger partial charge in [0.15, 0.2) is 39.6 Å². The third kappa shape index (κ3) is 10.1. The highest BCUT2D eigenvalue weighted by atomic mass is 28.4. The Balaban J connectivity index is 3.23. The molecule has 10 heteroatoms. The van der Waals surface area contributed by atoms with Gasteiger partial charge in [0.25, 0.3) is 0 Å². The molecule has 1 aliphatic rings. The van der Waals surface area contributed by atoms with Gasteiger partial charge in [0, 0.05) is 0 Å². The molecule has 1 fully saturated rings. The van der Waals surface area contributed by atoms with Crippen LogP contribution in [-0.2, 0) is 22.4 Å². The van der Waals surface area contributed by atoms with Gasteiger partial charge in [0.05, 0.1) is 18.8 Å². The van der Waals surface area contributed by atoms with E-state index >= 15 is 0 Å². The highest BCUT2D eigenvalue weighted by molar-refractivity contribution is 6.71. The Hall–Kier alpha value is 0.628. The predicted octanol–water partition coefficient (Wildman–Crippen LogP) is 4.18. The summed E-state index contributed by atoms with van der Waals surface area (Å²) in [5.74, 6) is 0. The number of rotatable bonds is 9. The van der Waals surface area contributed by atoms with Gasteiger partial charge >= 0.3 is 0 Å². The Morgan fingerprint density at radius 3 is 1.46 bits per heavy atom. The quantitative estimate of drug-likeness (QED) is 0.513. The number of ether oxygens (including phenoxy) is 1. The van der Waals surface area contributed by atoms with E-state index in [9.17, 15) is 0 Å². The Labute approximate surface area is 177 Å². The molecule has 0 bridgehead atoms. The van der Waals surface area contributed by atoms with Crippen LogP contribution in [0.2, 0.25) is 78.6 Å². The third-order valence-electron chi connectivity index (χ3n) is 3.82. The van der Waals surface area contributed by atoms with Gasteiger partial charge in [-0.25, -0.2) is 0 Å². The molecule has 2 N–H and O–H groups in total. The first-order valence-corrected chi connectivity index (χ1v) is 24.0. The fourth-order valence-corrected chi connectivity index (χ4v) is 6.74. The minimum atomic E-state index is -1.86. The van der Waals surface area contributed by atoms with Crippen molar-refractivity contribution in [3.05, 3.63) is 0 Å². The zero-order chi connectivity index (χ0) is 22.1. The summed E-state index contributed by atoms with van der Waals surface area (Å²) in [6.45, 7) is 26.6. The molecule has 0 saturated carbocycles. The third-order valence-corrected chi connectivity index (χ3v) is 7.75. The molecule has 1 rings (SSSR count). The van der Waals surface area contributed by atoms with E-state index in [1.807, 2.05) is 0 Å². The van der Waals surface area contributed by atoms with Crippen molar-refractivity contribution in [3.63, 3.8) is 0 Å². The zero-order valence-electron chi connectivity index (χ0n) is 20.2. The minimum Gasteiger partial charge on any atom is -0.415 e. The molecule has 1 heterocycles. The normalized spacial score (nSPS) is 30.5. The number of hydrogen-bond donors (Lipinski definition) is 1. The minimum absolute atomic E-state index is 0.244. The molecule has 0 aromatic carbocycles. The molecule has 0 aromatic rings. The Morgan fingerprint density at radius 2 is 1.07 bits per heavy atom. The van der Waals surface area contributed by atoms with Crippen LogP contribution < -0.4 is 5.73 Å². The lowest BCUT2D eigenvalue weighted by Gasteiger charge is -2.49. The van der Waals surface area contributed by atoms with E-state index in [0.29, 0.717) is 6.61 Å². The molecule has 1 unspecified atom stereocenters. The largest absolute Gasteiger partial charge is 0.415 e. The molecule has 5 atom stereocenters. The molecule has 1 aliphatic heterocycles. The summed E-state index contributed by atoms with van der Waals surface area (Å²) < 4.78 is 32.1. The number of hydrogen-bond acceptors (Lipinski definition) is 6. The predicted molar refractivity (Wildman–Crippen MR) is 127 cm³/mol. The molecule has 1 saturated heterocycles. The van der Waals surface area contributed by atoms with Gasteiger partial charge in [-0.3, -0.25) is 0 Å². The standard InChI is InChI=1S/C18H45NO5Si4/c1-25(2,3)20-13-14-16(22-26(4,5)6)17(23-27(7,8)9)15(19)18(21-14)24-28(10,11)12/h14-18H,13,19H2,1-12H3/t14-,15-,16+,17-,18?/m1/s1. The maximum absolute atomic E-state index is 6.66. The highest BCUT2D eigenvalue weighted by Gasteiger charge is 2.50. The maximum atomic E-state index is 6.66. The second kappa shape index (κ2) is 9.41. The summed E-state index contributed by atoms with van der Waals surface area (Å²) in [6.07, 6.45) is -1.25. The molecule has 0 aromatic heterocycles. The van der Waals surface area contributed by atoms with Gasteiger partial charge in [-0.2, -0.15) is 0 Å². The Kier molecular flexibility index (Phi) is 8.96. The van der Waals surface area contributed by atoms with Crippen LogP contribution in [0.1, 0.15) is 0 Å². The summed E-state index contributed by atoms with van der Waals surface area (Å²) in [5.41, 5.74) is 6.66. The monoisotopic (exact) mass is 467 g/mol. The van der Waals surface area contributed by atoms with Crippen molar-refractivity contribution >= 4 is 33.3 Å². The maximum Gasteiger partial charge on any atom is 0.187 e. The molecule has 168 valence electrons. The molecule has 28 heavy (non-hydrogen) atoms. The first-order valence-electron chi connectivity index (χ1n) is 10.4. The fourth-order valence-electron chi connectivity index (χ4n) is 2.95. The molecule has 0 radical (unpaired) electrons. The van der Waals surface area contributed by atoms with Crippen molar-refractivity contribution < 1.29 is 22.4 Å². The van der Waals surface area contributed by atoms with Gasteiger partial charge in [-0.15, -0.1) is 0 Å². The lowest BCUT2D eigenvalue weighted by atomic mass is 9.98. The van der Waals surface area contributed by atoms with Crippen molar-refractivity contribution in [1.82, 2.24) is 0 Å². The molecule has 0 amide bonds. The SMILES string of the molecule is C[Si](C)(C)OC[C@H]1OC(O[Si](C)(C)C)[C@H](N)[C@@H](O[Si](C)(C)C)[C@H]1O[Si](C)(C)C. The number of nitrogens with two attached hydrogens (primary N) is 1. The Morgan fingerprint density at radius 1 is 0.643 bits per heavy atom. The molecule has 0 spiro atoms. The van der Waals surface area contributed by atoms with Crippen molar-refractivity contribution in [2.75, 3.05) is 6.61 Å². The summed E-state index contributed by atoms with van der Waals surface area (Å²) >= 11 is 0. The van der Waals surface area contributed by atoms with E-state index in [-0.39, 0.29) is 24.4 Å². The molecule has 0 aliphatic carbocycles. The van der Waals surface area contributed by atoms with Crippen LogP contribution in [0.25, 0.3) is 0 Å². The van der Waals surface area contributed by atoms with E-state index < -0.39 is 39.6 Å². The van der Waals surface area contributed by atoms with Crippen LogP contribution in [0.5, 0.6) is 0 Å². The Bertz CT molecular complexity index is 480. The molecule has 6 nitrogen and oxygen atoms in total. The lowest BCUT2D eigenvalue weighted by molar-refractivity contribution is -0.233. The topological polar surface area (TPSA) is 72.2 Å². The van der Waals surface area contributed by atoms with E-state index in [1.54, 1.807) is 0 Å². The lowest BCUT2D eigenvalue weighted by Crippen LogP contribution is -2.68. The van der Waals surface area contributed by atoms with E-state index in [2.05, 4.69) is 78.6 Å². The second-order valence-electron chi connectivity index (χ2n) is 11.7. The fraction of sp³-hybridized carbons (Fsp3) is 1.00.